The van der Waals surface area contributed by atoms with E-state index in [0.29, 0.717) is 17.1 Å². The Bertz CT molecular complexity index is 1230. The summed E-state index contributed by atoms with van der Waals surface area (Å²) in [6, 6.07) is 17.2. The summed E-state index contributed by atoms with van der Waals surface area (Å²) < 4.78 is 17.7. The summed E-state index contributed by atoms with van der Waals surface area (Å²) in [5.74, 6) is 1.26. The van der Waals surface area contributed by atoms with Gasteiger partial charge in [0.05, 0.1) is 58.0 Å². The van der Waals surface area contributed by atoms with Crippen molar-refractivity contribution in [3.63, 3.8) is 0 Å². The second kappa shape index (κ2) is 13.2. The molecule has 0 N–H and O–H groups in total. The van der Waals surface area contributed by atoms with Gasteiger partial charge in [0.2, 0.25) is 0 Å². The van der Waals surface area contributed by atoms with Gasteiger partial charge in [0.25, 0.3) is 0 Å². The Hall–Kier alpha value is -2.69. The summed E-state index contributed by atoms with van der Waals surface area (Å²) >= 11 is 15.0. The van der Waals surface area contributed by atoms with E-state index in [1.165, 1.54) is 8.01 Å². The Kier molecular flexibility index (Phi) is 10.3. The topological polar surface area (TPSA) is 68.3 Å². The Morgan fingerprint density at radius 2 is 1.62 bits per heavy atom. The monoisotopic (exact) mass is 656 g/mol. The van der Waals surface area contributed by atoms with Crippen molar-refractivity contribution < 1.29 is 23.8 Å². The average Bonchev–Trinajstić information content (AvgIpc) is 2.87. The number of anilines is 2. The van der Waals surface area contributed by atoms with Gasteiger partial charge in [0, 0.05) is 5.56 Å². The number of carbonyl (C=O) groups excluding carboxylic acids is 2. The number of hydrogen-bond donors (Lipinski definition) is 0. The minimum absolute atomic E-state index is 0.211. The fraction of sp³-hybridized carbons (Fsp3) is 0.259. The largest absolute Gasteiger partial charge is 0.496 e. The molecule has 0 fully saturated rings. The van der Waals surface area contributed by atoms with E-state index in [1.807, 2.05) is 18.2 Å². The number of para-hydroxylation sites is 1. The second-order valence-corrected chi connectivity index (χ2v) is 10.2. The van der Waals surface area contributed by atoms with E-state index in [1.54, 1.807) is 79.4 Å². The molecule has 0 unspecified atom stereocenters. The van der Waals surface area contributed by atoms with Crippen LogP contribution in [0.4, 0.5) is 16.2 Å². The van der Waals surface area contributed by atoms with Crippen molar-refractivity contribution in [1.82, 2.24) is 3.11 Å². The van der Waals surface area contributed by atoms with Gasteiger partial charge < -0.3 is 14.2 Å². The molecule has 0 aliphatic rings. The Morgan fingerprint density at radius 3 is 2.19 bits per heavy atom. The van der Waals surface area contributed by atoms with Crippen molar-refractivity contribution in [2.45, 2.75) is 26.7 Å². The third-order valence-corrected chi connectivity index (χ3v) is 6.59. The molecule has 3 aromatic carbocycles. The minimum atomic E-state index is -0.515. The van der Waals surface area contributed by atoms with Crippen LogP contribution in [0.15, 0.2) is 60.7 Å². The number of benzene rings is 3. The zero-order valence-corrected chi connectivity index (χ0v) is 24.5. The van der Waals surface area contributed by atoms with Gasteiger partial charge in [0.1, 0.15) is 18.0 Å². The van der Waals surface area contributed by atoms with Crippen molar-refractivity contribution >= 4 is 69.4 Å². The average molecular weight is 657 g/mol. The summed E-state index contributed by atoms with van der Waals surface area (Å²) in [6.07, 6.45) is 0. The van der Waals surface area contributed by atoms with Crippen molar-refractivity contribution in [1.29, 1.82) is 0 Å². The molecular formula is C27H27Cl2IN2O5. The van der Waals surface area contributed by atoms with Crippen LogP contribution in [-0.2, 0) is 9.53 Å². The molecule has 10 heteroatoms. The molecule has 196 valence electrons. The summed E-state index contributed by atoms with van der Waals surface area (Å²) in [7, 11) is 1.62. The number of esters is 1. The first-order valence-corrected chi connectivity index (χ1v) is 13.2. The maximum absolute atomic E-state index is 13.5. The molecule has 0 radical (unpaired) electrons. The normalized spacial score (nSPS) is 10.7. The first-order chi connectivity index (χ1) is 17.7. The maximum Gasteiger partial charge on any atom is 0.338 e. The molecule has 0 aromatic heterocycles. The lowest BCUT2D eigenvalue weighted by Gasteiger charge is -2.27. The molecule has 3 aromatic rings. The van der Waals surface area contributed by atoms with Crippen LogP contribution < -0.4 is 14.4 Å². The van der Waals surface area contributed by atoms with Gasteiger partial charge in [-0.1, -0.05) is 55.2 Å². The highest BCUT2D eigenvalue weighted by molar-refractivity contribution is 14.1. The first kappa shape index (κ1) is 28.9. The van der Waals surface area contributed by atoms with Gasteiger partial charge in [0.15, 0.2) is 5.75 Å². The van der Waals surface area contributed by atoms with E-state index in [9.17, 15) is 9.59 Å². The molecule has 0 saturated carbocycles. The lowest BCUT2D eigenvalue weighted by molar-refractivity contribution is -0.142. The number of nitrogens with zero attached hydrogens (tertiary/aromatic N) is 2. The zero-order valence-electron chi connectivity index (χ0n) is 20.8. The second-order valence-electron chi connectivity index (χ2n) is 8.18. The number of hydrogen-bond acceptors (Lipinski definition) is 5. The van der Waals surface area contributed by atoms with Crippen molar-refractivity contribution in [2.24, 2.45) is 0 Å². The molecule has 0 heterocycles. The number of halogens is 3. The van der Waals surface area contributed by atoms with Gasteiger partial charge in [-0.15, -0.1) is 0 Å². The Morgan fingerprint density at radius 1 is 0.973 bits per heavy atom. The number of urea groups is 1. The van der Waals surface area contributed by atoms with E-state index < -0.39 is 12.0 Å². The Labute approximate surface area is 240 Å². The van der Waals surface area contributed by atoms with Gasteiger partial charge >= 0.3 is 12.0 Å². The SMILES string of the molecule is CCOC(=O)CN(I)C(=O)N(c1ccccc1)c1cc(Cl)c(Oc2ccc(OC)c(C(C)C)c2)c(Cl)c1. The number of methoxy groups -OCH3 is 1. The van der Waals surface area contributed by atoms with E-state index in [2.05, 4.69) is 13.8 Å². The van der Waals surface area contributed by atoms with Crippen LogP contribution in [0, 0.1) is 0 Å². The van der Waals surface area contributed by atoms with E-state index in [4.69, 9.17) is 37.4 Å². The van der Waals surface area contributed by atoms with Crippen LogP contribution in [0.5, 0.6) is 17.2 Å². The summed E-state index contributed by atoms with van der Waals surface area (Å²) in [5, 5.41) is 0.423. The van der Waals surface area contributed by atoms with Crippen molar-refractivity contribution in [3.8, 4) is 17.2 Å². The van der Waals surface area contributed by atoms with Gasteiger partial charge in [-0.3, -0.25) is 12.8 Å². The third-order valence-electron chi connectivity index (χ3n) is 5.27. The summed E-state index contributed by atoms with van der Waals surface area (Å²) in [6.45, 7) is 5.82. The fourth-order valence-corrected chi connectivity index (χ4v) is 4.61. The van der Waals surface area contributed by atoms with Crippen molar-refractivity contribution in [2.75, 3.05) is 25.2 Å². The van der Waals surface area contributed by atoms with Crippen LogP contribution in [-0.4, -0.2) is 35.4 Å². The smallest absolute Gasteiger partial charge is 0.338 e. The van der Waals surface area contributed by atoms with E-state index in [0.717, 1.165) is 11.3 Å². The quantitative estimate of drug-likeness (QED) is 0.131. The van der Waals surface area contributed by atoms with Gasteiger partial charge in [-0.05, 0) is 55.3 Å². The molecule has 2 amide bonds. The first-order valence-electron chi connectivity index (χ1n) is 11.5. The van der Waals surface area contributed by atoms with Crippen LogP contribution >= 0.6 is 46.1 Å². The van der Waals surface area contributed by atoms with E-state index in [-0.39, 0.29) is 34.9 Å². The van der Waals surface area contributed by atoms with Gasteiger partial charge in [-0.2, -0.15) is 0 Å². The molecule has 0 atom stereocenters. The van der Waals surface area contributed by atoms with Gasteiger partial charge in [-0.25, -0.2) is 4.79 Å². The van der Waals surface area contributed by atoms with Crippen LogP contribution in [0.2, 0.25) is 10.0 Å². The van der Waals surface area contributed by atoms with Crippen LogP contribution in [0.1, 0.15) is 32.3 Å². The molecular weight excluding hydrogens is 630 g/mol. The summed E-state index contributed by atoms with van der Waals surface area (Å²) in [5.41, 5.74) is 1.95. The maximum atomic E-state index is 13.5. The minimum Gasteiger partial charge on any atom is -0.496 e. The fourth-order valence-electron chi connectivity index (χ4n) is 3.56. The van der Waals surface area contributed by atoms with Crippen LogP contribution in [0.3, 0.4) is 0 Å². The highest BCUT2D eigenvalue weighted by Gasteiger charge is 2.26. The molecule has 0 saturated heterocycles. The predicted octanol–water partition coefficient (Wildman–Crippen LogP) is 8.39. The molecule has 0 bridgehead atoms. The molecule has 0 spiro atoms. The molecule has 0 aliphatic carbocycles. The lowest BCUT2D eigenvalue weighted by Crippen LogP contribution is -2.38. The highest BCUT2D eigenvalue weighted by Crippen LogP contribution is 2.42. The molecule has 3 rings (SSSR count). The summed E-state index contributed by atoms with van der Waals surface area (Å²) in [4.78, 5) is 26.8. The van der Waals surface area contributed by atoms with Crippen LogP contribution in [0.25, 0.3) is 0 Å². The van der Waals surface area contributed by atoms with Crippen molar-refractivity contribution in [3.05, 3.63) is 76.3 Å². The lowest BCUT2D eigenvalue weighted by atomic mass is 10.0. The number of rotatable bonds is 9. The Balaban J connectivity index is 1.97. The number of ether oxygens (including phenoxy) is 3. The molecule has 7 nitrogen and oxygen atoms in total. The molecule has 0 aliphatic heterocycles. The standard InChI is InChI=1S/C27H27Cl2IN2O5/c1-5-36-25(33)16-31(30)27(34)32(18-9-7-6-8-10-18)19-13-22(28)26(23(29)14-19)37-20-11-12-24(35-4)21(15-20)17(2)3/h6-15,17H,5,16H2,1-4H3. The zero-order chi connectivity index (χ0) is 27.1. The highest BCUT2D eigenvalue weighted by atomic mass is 127. The number of amides is 2. The van der Waals surface area contributed by atoms with E-state index >= 15 is 0 Å². The predicted molar refractivity (Wildman–Crippen MR) is 155 cm³/mol. The molecule has 37 heavy (non-hydrogen) atoms. The third kappa shape index (κ3) is 7.21. The number of carbonyl (C=O) groups is 2.